The summed E-state index contributed by atoms with van der Waals surface area (Å²) in [6.45, 7) is 0. The molecule has 2 amide bonds. The number of halogens is 1. The first-order valence-corrected chi connectivity index (χ1v) is 8.68. The highest BCUT2D eigenvalue weighted by molar-refractivity contribution is 6.30. The number of fused-ring (bicyclic) bond motifs is 1. The molecule has 2 aromatic carbocycles. The van der Waals surface area contributed by atoms with E-state index in [1.807, 2.05) is 0 Å². The number of carboxylic acid groups (broad SMARTS) is 1. The largest absolute Gasteiger partial charge is 0.508 e. The molecular weight excluding hydrogens is 372 g/mol. The SMILES string of the molecule is O=C(O)[C@@H]1N[C@H](c2cc(Cl)ccc2O)[C@H]2C(=O)N(c3ccccc3)C(=O)[C@@H]21. The Kier molecular flexibility index (Phi) is 4.13. The smallest absolute Gasteiger partial charge is 0.321 e. The second kappa shape index (κ2) is 6.37. The minimum atomic E-state index is -1.25. The Balaban J connectivity index is 1.81. The first-order valence-electron chi connectivity index (χ1n) is 8.30. The molecule has 27 heavy (non-hydrogen) atoms. The number of hydrogen-bond acceptors (Lipinski definition) is 5. The van der Waals surface area contributed by atoms with Crippen molar-refractivity contribution in [2.24, 2.45) is 11.8 Å². The van der Waals surface area contributed by atoms with Gasteiger partial charge < -0.3 is 10.2 Å². The van der Waals surface area contributed by atoms with E-state index >= 15 is 0 Å². The van der Waals surface area contributed by atoms with Crippen molar-refractivity contribution in [3.8, 4) is 5.75 Å². The van der Waals surface area contributed by atoms with Gasteiger partial charge in [-0.3, -0.25) is 19.7 Å². The summed E-state index contributed by atoms with van der Waals surface area (Å²) >= 11 is 6.01. The number of anilines is 1. The van der Waals surface area contributed by atoms with Crippen molar-refractivity contribution >= 4 is 35.1 Å². The summed E-state index contributed by atoms with van der Waals surface area (Å²) in [6.07, 6.45) is 0. The number of carbonyl (C=O) groups is 3. The summed E-state index contributed by atoms with van der Waals surface area (Å²) < 4.78 is 0. The molecule has 2 aromatic rings. The van der Waals surface area contributed by atoms with Gasteiger partial charge in [-0.1, -0.05) is 29.8 Å². The van der Waals surface area contributed by atoms with Crippen molar-refractivity contribution in [2.75, 3.05) is 4.90 Å². The predicted octanol–water partition coefficient (Wildman–Crippen LogP) is 1.95. The highest BCUT2D eigenvalue weighted by Crippen LogP contribution is 2.47. The fraction of sp³-hybridized carbons (Fsp3) is 0.211. The number of aliphatic carboxylic acids is 1. The van der Waals surface area contributed by atoms with Gasteiger partial charge in [-0.25, -0.2) is 4.90 Å². The van der Waals surface area contributed by atoms with Crippen molar-refractivity contribution in [2.45, 2.75) is 12.1 Å². The number of hydrogen-bond donors (Lipinski definition) is 3. The van der Waals surface area contributed by atoms with Crippen LogP contribution in [0.25, 0.3) is 0 Å². The maximum atomic E-state index is 13.1. The third-order valence-corrected chi connectivity index (χ3v) is 5.32. The minimum absolute atomic E-state index is 0.125. The van der Waals surface area contributed by atoms with Gasteiger partial charge in [-0.2, -0.15) is 0 Å². The first-order chi connectivity index (χ1) is 12.9. The number of rotatable bonds is 3. The van der Waals surface area contributed by atoms with Gasteiger partial charge in [0.15, 0.2) is 0 Å². The summed E-state index contributed by atoms with van der Waals surface area (Å²) in [5.74, 6) is -4.45. The summed E-state index contributed by atoms with van der Waals surface area (Å²) in [4.78, 5) is 38.8. The van der Waals surface area contributed by atoms with Gasteiger partial charge in [0.1, 0.15) is 11.8 Å². The number of carboxylic acids is 1. The zero-order valence-corrected chi connectivity index (χ0v) is 14.6. The van der Waals surface area contributed by atoms with Crippen LogP contribution in [0.15, 0.2) is 48.5 Å². The first kappa shape index (κ1) is 17.5. The Morgan fingerprint density at radius 3 is 2.37 bits per heavy atom. The lowest BCUT2D eigenvalue weighted by molar-refractivity contribution is -0.142. The molecule has 4 rings (SSSR count). The van der Waals surface area contributed by atoms with E-state index in [0.29, 0.717) is 10.7 Å². The molecule has 0 saturated carbocycles. The van der Waals surface area contributed by atoms with Crippen LogP contribution in [-0.4, -0.2) is 34.0 Å². The molecule has 2 heterocycles. The van der Waals surface area contributed by atoms with Crippen molar-refractivity contribution in [3.05, 3.63) is 59.1 Å². The molecule has 0 aliphatic carbocycles. The molecule has 2 saturated heterocycles. The molecule has 138 valence electrons. The van der Waals surface area contributed by atoms with Gasteiger partial charge in [0.2, 0.25) is 11.8 Å². The minimum Gasteiger partial charge on any atom is -0.508 e. The summed E-state index contributed by atoms with van der Waals surface area (Å²) in [7, 11) is 0. The molecule has 3 N–H and O–H groups in total. The molecule has 0 spiro atoms. The van der Waals surface area contributed by atoms with Crippen LogP contribution in [0.2, 0.25) is 5.02 Å². The van der Waals surface area contributed by atoms with Gasteiger partial charge in [0.05, 0.1) is 17.5 Å². The average Bonchev–Trinajstić information content (AvgIpc) is 3.15. The standard InChI is InChI=1S/C19H15ClN2O5/c20-9-6-7-12(23)11(8-9)15-13-14(16(21-15)19(26)27)18(25)22(17(13)24)10-4-2-1-3-5-10/h1-8,13-16,21,23H,(H,26,27)/t13-,14-,15+,16+/m0/s1. The fourth-order valence-corrected chi connectivity index (χ4v) is 4.11. The Labute approximate surface area is 159 Å². The molecule has 0 radical (unpaired) electrons. The number of aromatic hydroxyl groups is 1. The Bertz CT molecular complexity index is 948. The molecule has 0 unspecified atom stereocenters. The van der Waals surface area contributed by atoms with Crippen LogP contribution >= 0.6 is 11.6 Å². The molecule has 0 bridgehead atoms. The van der Waals surface area contributed by atoms with Crippen molar-refractivity contribution in [3.63, 3.8) is 0 Å². The zero-order valence-electron chi connectivity index (χ0n) is 13.9. The predicted molar refractivity (Wildman–Crippen MR) is 96.3 cm³/mol. The molecule has 8 heteroatoms. The lowest BCUT2D eigenvalue weighted by Gasteiger charge is -2.22. The van der Waals surface area contributed by atoms with Gasteiger partial charge in [0.25, 0.3) is 0 Å². The second-order valence-corrected chi connectivity index (χ2v) is 7.00. The third kappa shape index (κ3) is 2.67. The van der Waals surface area contributed by atoms with E-state index in [1.54, 1.807) is 30.3 Å². The highest BCUT2D eigenvalue weighted by atomic mass is 35.5. The second-order valence-electron chi connectivity index (χ2n) is 6.56. The number of para-hydroxylation sites is 1. The summed E-state index contributed by atoms with van der Waals surface area (Å²) in [6, 6.07) is 10.6. The van der Waals surface area contributed by atoms with E-state index in [0.717, 1.165) is 4.90 Å². The van der Waals surface area contributed by atoms with Crippen LogP contribution in [0.4, 0.5) is 5.69 Å². The molecule has 4 atom stereocenters. The molecule has 0 aromatic heterocycles. The van der Waals surface area contributed by atoms with Gasteiger partial charge in [-0.05, 0) is 30.3 Å². The summed E-state index contributed by atoms with van der Waals surface area (Å²) in [5.41, 5.74) is 0.678. The van der Waals surface area contributed by atoms with Crippen LogP contribution in [0.5, 0.6) is 5.75 Å². The van der Waals surface area contributed by atoms with E-state index in [2.05, 4.69) is 5.32 Å². The number of amides is 2. The number of nitrogens with one attached hydrogen (secondary N) is 1. The van der Waals surface area contributed by atoms with Crippen LogP contribution < -0.4 is 10.2 Å². The lowest BCUT2D eigenvalue weighted by Crippen LogP contribution is -2.43. The monoisotopic (exact) mass is 386 g/mol. The maximum absolute atomic E-state index is 13.1. The van der Waals surface area contributed by atoms with E-state index in [-0.39, 0.29) is 11.3 Å². The highest BCUT2D eigenvalue weighted by Gasteiger charge is 2.61. The van der Waals surface area contributed by atoms with E-state index < -0.39 is 41.7 Å². The van der Waals surface area contributed by atoms with Gasteiger partial charge in [0, 0.05) is 16.6 Å². The normalized spacial score (nSPS) is 27.1. The Hall–Kier alpha value is -2.90. The van der Waals surface area contributed by atoms with Gasteiger partial charge in [-0.15, -0.1) is 0 Å². The molecular formula is C19H15ClN2O5. The average molecular weight is 387 g/mol. The zero-order chi connectivity index (χ0) is 19.3. The van der Waals surface area contributed by atoms with E-state index in [4.69, 9.17) is 11.6 Å². The van der Waals surface area contributed by atoms with Crippen molar-refractivity contribution in [1.82, 2.24) is 5.32 Å². The number of phenols is 1. The van der Waals surface area contributed by atoms with E-state index in [1.165, 1.54) is 18.2 Å². The van der Waals surface area contributed by atoms with Crippen LogP contribution in [-0.2, 0) is 14.4 Å². The molecule has 2 aliphatic rings. The van der Waals surface area contributed by atoms with Gasteiger partial charge >= 0.3 is 5.97 Å². The fourth-order valence-electron chi connectivity index (χ4n) is 3.93. The lowest BCUT2D eigenvalue weighted by atomic mass is 9.86. The molecule has 2 aliphatic heterocycles. The number of nitrogens with zero attached hydrogens (tertiary/aromatic N) is 1. The van der Waals surface area contributed by atoms with Crippen LogP contribution in [0.3, 0.4) is 0 Å². The quantitative estimate of drug-likeness (QED) is 0.696. The number of imide groups is 1. The van der Waals surface area contributed by atoms with Crippen molar-refractivity contribution < 1.29 is 24.6 Å². The Morgan fingerprint density at radius 1 is 1.04 bits per heavy atom. The number of benzene rings is 2. The van der Waals surface area contributed by atoms with Crippen LogP contribution in [0.1, 0.15) is 11.6 Å². The summed E-state index contributed by atoms with van der Waals surface area (Å²) in [5, 5.41) is 22.9. The third-order valence-electron chi connectivity index (χ3n) is 5.08. The van der Waals surface area contributed by atoms with Crippen LogP contribution in [0, 0.1) is 11.8 Å². The number of phenolic OH excluding ortho intramolecular Hbond substituents is 1. The molecule has 2 fully saturated rings. The molecule has 7 nitrogen and oxygen atoms in total. The Morgan fingerprint density at radius 2 is 1.70 bits per heavy atom. The number of carbonyl (C=O) groups excluding carboxylic acids is 2. The van der Waals surface area contributed by atoms with E-state index in [9.17, 15) is 24.6 Å². The topological polar surface area (TPSA) is 107 Å². The maximum Gasteiger partial charge on any atom is 0.321 e. The van der Waals surface area contributed by atoms with Crippen molar-refractivity contribution in [1.29, 1.82) is 0 Å².